The van der Waals surface area contributed by atoms with E-state index in [2.05, 4.69) is 10.1 Å². The maximum Gasteiger partial charge on any atom is 0.408 e. The molecule has 0 heterocycles. The highest BCUT2D eigenvalue weighted by Gasteiger charge is 2.43. The number of nitrogens with zero attached hydrogens (tertiary/aromatic N) is 1. The Bertz CT molecular complexity index is 519. The minimum absolute atomic E-state index is 0.719. The van der Waals surface area contributed by atoms with Gasteiger partial charge in [0.05, 0.1) is 7.11 Å². The van der Waals surface area contributed by atoms with Gasteiger partial charge in [0.25, 0.3) is 6.04 Å². The third kappa shape index (κ3) is 9.48. The standard InChI is InChI=1S/C15H26N2O8/c1-14(2,3)24-12(19)11(16-13(20)25-15(4,5)6)9(17(21)22)8-10(18)23-7/h9,11H,8H2,1-7H3,(H,16,20). The van der Waals surface area contributed by atoms with Crippen molar-refractivity contribution in [1.29, 1.82) is 0 Å². The Hall–Kier alpha value is -2.39. The lowest BCUT2D eigenvalue weighted by Crippen LogP contribution is -2.55. The molecule has 0 aromatic heterocycles. The summed E-state index contributed by atoms with van der Waals surface area (Å²) in [5.74, 6) is -1.95. The van der Waals surface area contributed by atoms with E-state index >= 15 is 0 Å². The molecule has 0 aliphatic carbocycles. The van der Waals surface area contributed by atoms with Crippen LogP contribution in [-0.4, -0.2) is 53.4 Å². The van der Waals surface area contributed by atoms with E-state index < -0.39 is 52.7 Å². The Labute approximate surface area is 146 Å². The summed E-state index contributed by atoms with van der Waals surface area (Å²) in [4.78, 5) is 46.2. The first-order valence-electron chi connectivity index (χ1n) is 7.59. The zero-order valence-corrected chi connectivity index (χ0v) is 15.6. The average Bonchev–Trinajstić information content (AvgIpc) is 2.37. The van der Waals surface area contributed by atoms with E-state index in [1.54, 1.807) is 41.5 Å². The number of nitrogens with one attached hydrogen (secondary N) is 1. The van der Waals surface area contributed by atoms with Crippen LogP contribution in [0.5, 0.6) is 0 Å². The Morgan fingerprint density at radius 1 is 1.04 bits per heavy atom. The van der Waals surface area contributed by atoms with Crippen LogP contribution >= 0.6 is 0 Å². The van der Waals surface area contributed by atoms with Gasteiger partial charge in [-0.25, -0.2) is 9.59 Å². The second-order valence-corrected chi connectivity index (χ2v) is 7.29. The smallest absolute Gasteiger partial charge is 0.408 e. The fourth-order valence-electron chi connectivity index (χ4n) is 1.68. The topological polar surface area (TPSA) is 134 Å². The molecular weight excluding hydrogens is 336 g/mol. The highest BCUT2D eigenvalue weighted by molar-refractivity contribution is 5.83. The molecule has 0 aliphatic rings. The van der Waals surface area contributed by atoms with Crippen molar-refractivity contribution in [1.82, 2.24) is 5.32 Å². The number of hydrogen-bond donors (Lipinski definition) is 1. The quantitative estimate of drug-likeness (QED) is 0.324. The summed E-state index contributed by atoms with van der Waals surface area (Å²) in [5, 5.41) is 13.4. The number of carbonyl (C=O) groups excluding carboxylic acids is 3. The van der Waals surface area contributed by atoms with Gasteiger partial charge in [0, 0.05) is 4.92 Å². The van der Waals surface area contributed by atoms with Crippen molar-refractivity contribution >= 4 is 18.0 Å². The second-order valence-electron chi connectivity index (χ2n) is 7.29. The third-order valence-corrected chi connectivity index (χ3v) is 2.59. The first kappa shape index (κ1) is 22.6. The normalized spacial score (nSPS) is 14.0. The Balaban J connectivity index is 5.54. The van der Waals surface area contributed by atoms with Gasteiger partial charge in [-0.1, -0.05) is 0 Å². The summed E-state index contributed by atoms with van der Waals surface area (Å²) in [6.07, 6.45) is -1.76. The largest absolute Gasteiger partial charge is 0.469 e. The summed E-state index contributed by atoms with van der Waals surface area (Å²) in [6.45, 7) is 9.47. The Kier molecular flexibility index (Phi) is 7.81. The van der Waals surface area contributed by atoms with Gasteiger partial charge in [0.15, 0.2) is 6.04 Å². The van der Waals surface area contributed by atoms with Gasteiger partial charge in [-0.05, 0) is 41.5 Å². The average molecular weight is 362 g/mol. The van der Waals surface area contributed by atoms with Crippen molar-refractivity contribution in [3.63, 3.8) is 0 Å². The van der Waals surface area contributed by atoms with Crippen molar-refractivity contribution in [2.24, 2.45) is 0 Å². The number of methoxy groups -OCH3 is 1. The first-order valence-corrected chi connectivity index (χ1v) is 7.59. The lowest BCUT2D eigenvalue weighted by Gasteiger charge is -2.27. The van der Waals surface area contributed by atoms with Crippen LogP contribution in [0.4, 0.5) is 4.79 Å². The van der Waals surface area contributed by atoms with Crippen molar-refractivity contribution in [2.75, 3.05) is 7.11 Å². The Morgan fingerprint density at radius 3 is 1.88 bits per heavy atom. The number of ether oxygens (including phenoxy) is 3. The molecule has 2 unspecified atom stereocenters. The maximum absolute atomic E-state index is 12.3. The van der Waals surface area contributed by atoms with E-state index in [1.165, 1.54) is 0 Å². The minimum atomic E-state index is -1.77. The van der Waals surface area contributed by atoms with Crippen molar-refractivity contribution in [3.8, 4) is 0 Å². The van der Waals surface area contributed by atoms with Gasteiger partial charge in [-0.15, -0.1) is 0 Å². The summed E-state index contributed by atoms with van der Waals surface area (Å²) >= 11 is 0. The molecule has 0 spiro atoms. The second kappa shape index (κ2) is 8.63. The van der Waals surface area contributed by atoms with Gasteiger partial charge in [0.1, 0.15) is 17.6 Å². The van der Waals surface area contributed by atoms with Gasteiger partial charge in [-0.2, -0.15) is 0 Å². The zero-order valence-electron chi connectivity index (χ0n) is 15.6. The summed E-state index contributed by atoms with van der Waals surface area (Å²) < 4.78 is 14.5. The minimum Gasteiger partial charge on any atom is -0.469 e. The molecule has 0 bridgehead atoms. The van der Waals surface area contributed by atoms with Crippen LogP contribution in [-0.2, 0) is 23.8 Å². The zero-order chi connectivity index (χ0) is 20.0. The molecule has 10 nitrogen and oxygen atoms in total. The molecule has 0 radical (unpaired) electrons. The van der Waals surface area contributed by atoms with Crippen LogP contribution in [0.15, 0.2) is 0 Å². The predicted molar refractivity (Wildman–Crippen MR) is 86.4 cm³/mol. The molecule has 144 valence electrons. The molecule has 0 rings (SSSR count). The van der Waals surface area contributed by atoms with Gasteiger partial charge >= 0.3 is 18.0 Å². The highest BCUT2D eigenvalue weighted by atomic mass is 16.6. The van der Waals surface area contributed by atoms with E-state index in [9.17, 15) is 24.5 Å². The summed E-state index contributed by atoms with van der Waals surface area (Å²) in [6, 6.07) is -3.49. The number of esters is 2. The molecular formula is C15H26N2O8. The molecule has 0 aliphatic heterocycles. The fraction of sp³-hybridized carbons (Fsp3) is 0.800. The number of hydrogen-bond acceptors (Lipinski definition) is 8. The van der Waals surface area contributed by atoms with Crippen LogP contribution < -0.4 is 5.32 Å². The van der Waals surface area contributed by atoms with Crippen molar-refractivity contribution in [3.05, 3.63) is 10.1 Å². The third-order valence-electron chi connectivity index (χ3n) is 2.59. The molecule has 0 fully saturated rings. The number of carbonyl (C=O) groups is 3. The van der Waals surface area contributed by atoms with Crippen LogP contribution in [0, 0.1) is 10.1 Å². The van der Waals surface area contributed by atoms with E-state index in [1.807, 2.05) is 0 Å². The van der Waals surface area contributed by atoms with Gasteiger partial charge in [0.2, 0.25) is 0 Å². The van der Waals surface area contributed by atoms with Gasteiger partial charge in [-0.3, -0.25) is 14.9 Å². The molecule has 1 amide bonds. The fourth-order valence-corrected chi connectivity index (χ4v) is 1.68. The number of nitro groups is 1. The number of alkyl carbamates (subject to hydrolysis) is 1. The summed E-state index contributed by atoms with van der Waals surface area (Å²) in [7, 11) is 1.06. The maximum atomic E-state index is 12.3. The molecule has 2 atom stereocenters. The molecule has 0 aromatic carbocycles. The molecule has 0 saturated carbocycles. The number of rotatable bonds is 6. The highest BCUT2D eigenvalue weighted by Crippen LogP contribution is 2.15. The van der Waals surface area contributed by atoms with Crippen LogP contribution in [0.25, 0.3) is 0 Å². The number of amides is 1. The molecule has 10 heteroatoms. The molecule has 0 saturated heterocycles. The molecule has 0 aromatic rings. The predicted octanol–water partition coefficient (Wildman–Crippen LogP) is 1.43. The van der Waals surface area contributed by atoms with Gasteiger partial charge < -0.3 is 19.5 Å². The van der Waals surface area contributed by atoms with Crippen molar-refractivity contribution < 1.29 is 33.5 Å². The summed E-state index contributed by atoms with van der Waals surface area (Å²) in [5.41, 5.74) is -1.83. The van der Waals surface area contributed by atoms with E-state index in [0.717, 1.165) is 7.11 Å². The monoisotopic (exact) mass is 362 g/mol. The SMILES string of the molecule is COC(=O)CC(C(NC(=O)OC(C)(C)C)C(=O)OC(C)(C)C)[N+](=O)[O-]. The Morgan fingerprint density at radius 2 is 1.52 bits per heavy atom. The first-order chi connectivity index (χ1) is 11.2. The van der Waals surface area contributed by atoms with Crippen LogP contribution in [0.2, 0.25) is 0 Å². The lowest BCUT2D eigenvalue weighted by atomic mass is 10.1. The van der Waals surface area contributed by atoms with E-state index in [0.29, 0.717) is 0 Å². The van der Waals surface area contributed by atoms with Crippen LogP contribution in [0.1, 0.15) is 48.0 Å². The lowest BCUT2D eigenvalue weighted by molar-refractivity contribution is -0.524. The molecule has 25 heavy (non-hydrogen) atoms. The van der Waals surface area contributed by atoms with Crippen molar-refractivity contribution in [2.45, 2.75) is 71.2 Å². The van der Waals surface area contributed by atoms with E-state index in [4.69, 9.17) is 9.47 Å². The van der Waals surface area contributed by atoms with E-state index in [-0.39, 0.29) is 0 Å². The molecule has 1 N–H and O–H groups in total. The van der Waals surface area contributed by atoms with Crippen LogP contribution in [0.3, 0.4) is 0 Å².